The van der Waals surface area contributed by atoms with Crippen molar-refractivity contribution in [1.82, 2.24) is 19.9 Å². The molecule has 1 aliphatic heterocycles. The fraction of sp³-hybridized carbons (Fsp3) is 0.471. The van der Waals surface area contributed by atoms with Gasteiger partial charge in [0.1, 0.15) is 22.7 Å². The number of nitrogens with one attached hydrogen (secondary N) is 1. The van der Waals surface area contributed by atoms with E-state index in [-0.39, 0.29) is 17.7 Å². The van der Waals surface area contributed by atoms with Crippen molar-refractivity contribution >= 4 is 22.5 Å². The van der Waals surface area contributed by atoms with Crippen LogP contribution in [0.5, 0.6) is 0 Å². The summed E-state index contributed by atoms with van der Waals surface area (Å²) in [4.78, 5) is 21.3. The molecule has 1 saturated carbocycles. The number of amides is 1. The lowest BCUT2D eigenvalue weighted by Crippen LogP contribution is -2.38. The molecule has 0 spiro atoms. The highest BCUT2D eigenvalue weighted by molar-refractivity contribution is 6.19. The van der Waals surface area contributed by atoms with Gasteiger partial charge in [-0.15, -0.1) is 0 Å². The smallest absolute Gasteiger partial charge is 0.258 e. The van der Waals surface area contributed by atoms with Crippen molar-refractivity contribution in [2.45, 2.75) is 51.1 Å². The third kappa shape index (κ3) is 2.48. The molecule has 0 radical (unpaired) electrons. The van der Waals surface area contributed by atoms with Crippen molar-refractivity contribution in [2.75, 3.05) is 0 Å². The molecule has 6 nitrogen and oxygen atoms in total. The first kappa shape index (κ1) is 14.2. The van der Waals surface area contributed by atoms with Crippen LogP contribution in [0.2, 0.25) is 0 Å². The summed E-state index contributed by atoms with van der Waals surface area (Å²) >= 11 is 0. The molecule has 0 atom stereocenters. The molecule has 2 aliphatic rings. The molecule has 1 amide bonds. The quantitative estimate of drug-likeness (QED) is 0.893. The first-order valence-corrected chi connectivity index (χ1v) is 8.27. The summed E-state index contributed by atoms with van der Waals surface area (Å²) in [7, 11) is 0. The van der Waals surface area contributed by atoms with E-state index in [0.717, 1.165) is 36.7 Å². The van der Waals surface area contributed by atoms with Gasteiger partial charge in [0.05, 0.1) is 11.7 Å². The number of aliphatic hydroxyl groups is 1. The maximum atomic E-state index is 12.7. The normalized spacial score (nSPS) is 19.0. The number of pyridine rings is 1. The Hall–Kier alpha value is -2.37. The van der Waals surface area contributed by atoms with Gasteiger partial charge in [0.2, 0.25) is 0 Å². The van der Waals surface area contributed by atoms with Crippen molar-refractivity contribution in [3.8, 4) is 0 Å². The van der Waals surface area contributed by atoms with Gasteiger partial charge in [-0.3, -0.25) is 9.78 Å². The molecule has 1 aliphatic carbocycles. The summed E-state index contributed by atoms with van der Waals surface area (Å²) in [5.41, 5.74) is 2.02. The Labute approximate surface area is 134 Å². The van der Waals surface area contributed by atoms with E-state index in [2.05, 4.69) is 15.3 Å². The van der Waals surface area contributed by atoms with E-state index in [0.29, 0.717) is 24.4 Å². The van der Waals surface area contributed by atoms with Crippen LogP contribution in [-0.2, 0) is 11.3 Å². The summed E-state index contributed by atoms with van der Waals surface area (Å²) in [6, 6.07) is 2.10. The van der Waals surface area contributed by atoms with E-state index in [4.69, 9.17) is 0 Å². The highest BCUT2D eigenvalue weighted by Gasteiger charge is 2.29. The van der Waals surface area contributed by atoms with Crippen molar-refractivity contribution < 1.29 is 9.90 Å². The fourth-order valence-corrected chi connectivity index (χ4v) is 3.61. The second kappa shape index (κ2) is 5.68. The Morgan fingerprint density at radius 3 is 2.96 bits per heavy atom. The van der Waals surface area contributed by atoms with Gasteiger partial charge in [0.15, 0.2) is 0 Å². The number of aromatic nitrogens is 3. The second-order valence-electron chi connectivity index (χ2n) is 6.33. The highest BCUT2D eigenvalue weighted by Crippen LogP contribution is 2.29. The lowest BCUT2D eigenvalue weighted by Gasteiger charge is -2.25. The van der Waals surface area contributed by atoms with Gasteiger partial charge in [-0.1, -0.05) is 19.3 Å². The number of rotatable bonds is 2. The van der Waals surface area contributed by atoms with Gasteiger partial charge in [-0.2, -0.15) is 0 Å². The molecule has 2 aromatic rings. The topological polar surface area (TPSA) is 80.0 Å². The lowest BCUT2D eigenvalue weighted by molar-refractivity contribution is -0.116. The summed E-state index contributed by atoms with van der Waals surface area (Å²) in [6.07, 6.45) is 9.43. The number of carbonyl (C=O) groups is 1. The van der Waals surface area contributed by atoms with Crippen LogP contribution in [0.1, 0.15) is 44.3 Å². The first-order valence-electron chi connectivity index (χ1n) is 8.27. The molecule has 4 rings (SSSR count). The predicted octanol–water partition coefficient (Wildman–Crippen LogP) is 2.55. The van der Waals surface area contributed by atoms with Crippen LogP contribution in [0.25, 0.3) is 16.6 Å². The monoisotopic (exact) mass is 312 g/mol. The Morgan fingerprint density at radius 2 is 2.13 bits per heavy atom. The van der Waals surface area contributed by atoms with Crippen molar-refractivity contribution in [2.24, 2.45) is 0 Å². The fourth-order valence-electron chi connectivity index (χ4n) is 3.61. The first-order chi connectivity index (χ1) is 11.2. The second-order valence-corrected chi connectivity index (χ2v) is 6.33. The standard InChI is InChI=1S/C17H20N4O2/c22-14-7-9-21-13-6-8-18-10-12(13)20-16(21)15(14)17(23)19-11-4-2-1-3-5-11/h6,8,10-11,22H,1-5,7,9H2,(H,19,23). The number of allylic oxidation sites excluding steroid dienone is 1. The molecule has 2 N–H and O–H groups in total. The number of hydrogen-bond acceptors (Lipinski definition) is 4. The van der Waals surface area contributed by atoms with Crippen LogP contribution in [0.3, 0.4) is 0 Å². The minimum Gasteiger partial charge on any atom is -0.511 e. The minimum atomic E-state index is -0.210. The van der Waals surface area contributed by atoms with Crippen LogP contribution in [0, 0.1) is 0 Å². The van der Waals surface area contributed by atoms with Crippen LogP contribution < -0.4 is 5.32 Å². The average Bonchev–Trinajstić information content (AvgIpc) is 2.93. The molecule has 0 saturated heterocycles. The van der Waals surface area contributed by atoms with E-state index in [1.54, 1.807) is 12.4 Å². The van der Waals surface area contributed by atoms with Gasteiger partial charge in [0.25, 0.3) is 5.91 Å². The average molecular weight is 312 g/mol. The molecule has 23 heavy (non-hydrogen) atoms. The largest absolute Gasteiger partial charge is 0.511 e. The van der Waals surface area contributed by atoms with Crippen molar-refractivity contribution in [1.29, 1.82) is 0 Å². The molecular formula is C17H20N4O2. The maximum absolute atomic E-state index is 12.7. The Bertz CT molecular complexity index is 787. The molecule has 3 heterocycles. The zero-order chi connectivity index (χ0) is 15.8. The molecule has 120 valence electrons. The third-order valence-corrected chi connectivity index (χ3v) is 4.80. The van der Waals surface area contributed by atoms with Crippen molar-refractivity contribution in [3.05, 3.63) is 30.0 Å². The number of carbonyl (C=O) groups excluding carboxylic acids is 1. The van der Waals surface area contributed by atoms with E-state index >= 15 is 0 Å². The van der Waals surface area contributed by atoms with Gasteiger partial charge in [0, 0.05) is 25.2 Å². The van der Waals surface area contributed by atoms with E-state index in [1.807, 2.05) is 10.6 Å². The summed E-state index contributed by atoms with van der Waals surface area (Å²) in [6.45, 7) is 0.627. The van der Waals surface area contributed by atoms with Crippen LogP contribution in [0.15, 0.2) is 24.2 Å². The van der Waals surface area contributed by atoms with Crippen molar-refractivity contribution in [3.63, 3.8) is 0 Å². The zero-order valence-corrected chi connectivity index (χ0v) is 13.0. The molecule has 0 unspecified atom stereocenters. The summed E-state index contributed by atoms with van der Waals surface area (Å²) in [5, 5.41) is 13.4. The van der Waals surface area contributed by atoms with Gasteiger partial charge in [-0.05, 0) is 18.9 Å². The van der Waals surface area contributed by atoms with E-state index in [9.17, 15) is 9.90 Å². The Morgan fingerprint density at radius 1 is 1.30 bits per heavy atom. The number of fused-ring (bicyclic) bond motifs is 3. The third-order valence-electron chi connectivity index (χ3n) is 4.80. The summed E-state index contributed by atoms with van der Waals surface area (Å²) < 4.78 is 1.99. The van der Waals surface area contributed by atoms with E-state index < -0.39 is 0 Å². The number of aliphatic hydroxyl groups excluding tert-OH is 1. The number of imidazole rings is 1. The molecule has 0 bridgehead atoms. The van der Waals surface area contributed by atoms with Crippen LogP contribution in [0.4, 0.5) is 0 Å². The Kier molecular flexibility index (Phi) is 3.52. The van der Waals surface area contributed by atoms with E-state index in [1.165, 1.54) is 6.42 Å². The summed E-state index contributed by atoms with van der Waals surface area (Å²) in [5.74, 6) is 0.470. The molecule has 0 aromatic carbocycles. The van der Waals surface area contributed by atoms with Gasteiger partial charge in [-0.25, -0.2) is 4.98 Å². The Balaban J connectivity index is 1.69. The zero-order valence-electron chi connectivity index (χ0n) is 13.0. The van der Waals surface area contributed by atoms with Crippen LogP contribution >= 0.6 is 0 Å². The molecule has 6 heteroatoms. The predicted molar refractivity (Wildman–Crippen MR) is 86.7 cm³/mol. The molecular weight excluding hydrogens is 292 g/mol. The maximum Gasteiger partial charge on any atom is 0.258 e. The lowest BCUT2D eigenvalue weighted by atomic mass is 9.95. The van der Waals surface area contributed by atoms with Gasteiger partial charge < -0.3 is 15.0 Å². The number of aryl methyl sites for hydroxylation is 1. The highest BCUT2D eigenvalue weighted by atomic mass is 16.3. The molecule has 2 aromatic heterocycles. The van der Waals surface area contributed by atoms with Crippen LogP contribution in [-0.4, -0.2) is 31.6 Å². The number of hydrogen-bond donors (Lipinski definition) is 2. The van der Waals surface area contributed by atoms with Gasteiger partial charge >= 0.3 is 0 Å². The SMILES string of the molecule is O=C(NC1CCCCC1)C1=C(O)CCn2c1nc1cnccc12. The molecule has 1 fully saturated rings. The number of nitrogens with zero attached hydrogens (tertiary/aromatic N) is 3. The minimum absolute atomic E-state index is 0.133.